The standard InChI is InChI=1S/C21H28O2/c1-3-5-13-22-20-11-7-9-18(16-20)15-19-10-8-12-21(17-19)23-14-6-4-2/h7-12,16-17H,3-6,13-15H2,1-2H3. The van der Waals surface area contributed by atoms with Gasteiger partial charge in [0.25, 0.3) is 0 Å². The molecule has 0 radical (unpaired) electrons. The third kappa shape index (κ3) is 6.35. The molecule has 2 aromatic rings. The minimum absolute atomic E-state index is 0.792. The van der Waals surface area contributed by atoms with Gasteiger partial charge >= 0.3 is 0 Å². The van der Waals surface area contributed by atoms with Crippen molar-refractivity contribution >= 4 is 0 Å². The lowest BCUT2D eigenvalue weighted by molar-refractivity contribution is 0.309. The molecule has 0 amide bonds. The number of hydrogen-bond donors (Lipinski definition) is 0. The van der Waals surface area contributed by atoms with E-state index in [1.54, 1.807) is 0 Å². The van der Waals surface area contributed by atoms with Crippen molar-refractivity contribution in [1.29, 1.82) is 0 Å². The van der Waals surface area contributed by atoms with E-state index >= 15 is 0 Å². The third-order valence-electron chi connectivity index (χ3n) is 3.74. The molecular formula is C21H28O2. The van der Waals surface area contributed by atoms with Gasteiger partial charge in [-0.1, -0.05) is 51.0 Å². The van der Waals surface area contributed by atoms with Gasteiger partial charge in [-0.3, -0.25) is 0 Å². The Balaban J connectivity index is 1.95. The van der Waals surface area contributed by atoms with E-state index < -0.39 is 0 Å². The van der Waals surface area contributed by atoms with Crippen molar-refractivity contribution in [3.8, 4) is 11.5 Å². The highest BCUT2D eigenvalue weighted by molar-refractivity contribution is 5.35. The highest BCUT2D eigenvalue weighted by Gasteiger charge is 2.01. The van der Waals surface area contributed by atoms with Crippen LogP contribution in [0.25, 0.3) is 0 Å². The maximum atomic E-state index is 5.79. The molecule has 124 valence electrons. The highest BCUT2D eigenvalue weighted by atomic mass is 16.5. The average Bonchev–Trinajstić information content (AvgIpc) is 2.56. The SMILES string of the molecule is CCCCOc1cccc(Cc2cccc(OCCCC)c2)c1. The monoisotopic (exact) mass is 312 g/mol. The molecule has 0 aliphatic rings. The number of benzene rings is 2. The number of unbranched alkanes of at least 4 members (excludes halogenated alkanes) is 2. The second kappa shape index (κ2) is 9.94. The molecule has 0 aliphatic carbocycles. The first-order valence-corrected chi connectivity index (χ1v) is 8.75. The normalized spacial score (nSPS) is 10.5. The smallest absolute Gasteiger partial charge is 0.119 e. The molecule has 2 aromatic carbocycles. The fraction of sp³-hybridized carbons (Fsp3) is 0.429. The topological polar surface area (TPSA) is 18.5 Å². The van der Waals surface area contributed by atoms with Gasteiger partial charge in [0.05, 0.1) is 13.2 Å². The summed E-state index contributed by atoms with van der Waals surface area (Å²) in [6.45, 7) is 5.94. The number of rotatable bonds is 10. The van der Waals surface area contributed by atoms with E-state index in [9.17, 15) is 0 Å². The van der Waals surface area contributed by atoms with Gasteiger partial charge in [0.2, 0.25) is 0 Å². The molecule has 0 spiro atoms. The predicted octanol–water partition coefficient (Wildman–Crippen LogP) is 5.64. The minimum atomic E-state index is 0.792. The maximum Gasteiger partial charge on any atom is 0.119 e. The molecule has 0 atom stereocenters. The van der Waals surface area contributed by atoms with Gasteiger partial charge in [-0.2, -0.15) is 0 Å². The molecule has 0 saturated carbocycles. The Labute approximate surface area is 140 Å². The van der Waals surface area contributed by atoms with Gasteiger partial charge < -0.3 is 9.47 Å². The third-order valence-corrected chi connectivity index (χ3v) is 3.74. The molecule has 0 saturated heterocycles. The summed E-state index contributed by atoms with van der Waals surface area (Å²) in [5.41, 5.74) is 2.54. The summed E-state index contributed by atoms with van der Waals surface area (Å²) in [6.07, 6.45) is 5.41. The molecule has 0 bridgehead atoms. The molecule has 0 aliphatic heterocycles. The Hall–Kier alpha value is -1.96. The summed E-state index contributed by atoms with van der Waals surface area (Å²) in [5.74, 6) is 1.93. The fourth-order valence-electron chi connectivity index (χ4n) is 2.39. The number of ether oxygens (including phenoxy) is 2. The largest absolute Gasteiger partial charge is 0.494 e. The zero-order valence-electron chi connectivity index (χ0n) is 14.4. The Morgan fingerprint density at radius 2 is 1.17 bits per heavy atom. The van der Waals surface area contributed by atoms with Crippen LogP contribution in [-0.2, 0) is 6.42 Å². The van der Waals surface area contributed by atoms with Crippen LogP contribution in [0.1, 0.15) is 50.7 Å². The summed E-state index contributed by atoms with van der Waals surface area (Å²) in [7, 11) is 0. The zero-order chi connectivity index (χ0) is 16.3. The molecule has 0 aromatic heterocycles. The summed E-state index contributed by atoms with van der Waals surface area (Å²) in [4.78, 5) is 0. The lowest BCUT2D eigenvalue weighted by atomic mass is 10.0. The Bertz CT molecular complexity index is 526. The van der Waals surface area contributed by atoms with Crippen LogP contribution in [0, 0.1) is 0 Å². The molecule has 23 heavy (non-hydrogen) atoms. The molecule has 2 rings (SSSR count). The van der Waals surface area contributed by atoms with E-state index in [0.29, 0.717) is 0 Å². The molecule has 0 heterocycles. The van der Waals surface area contributed by atoms with Crippen molar-refractivity contribution in [2.45, 2.75) is 46.0 Å². The quantitative estimate of drug-likeness (QED) is 0.529. The van der Waals surface area contributed by atoms with Crippen molar-refractivity contribution in [2.24, 2.45) is 0 Å². The van der Waals surface area contributed by atoms with Crippen LogP contribution < -0.4 is 9.47 Å². The van der Waals surface area contributed by atoms with Crippen molar-refractivity contribution in [3.05, 3.63) is 59.7 Å². The Morgan fingerprint density at radius 1 is 0.696 bits per heavy atom. The van der Waals surface area contributed by atoms with Crippen LogP contribution in [0.3, 0.4) is 0 Å². The van der Waals surface area contributed by atoms with Crippen molar-refractivity contribution in [1.82, 2.24) is 0 Å². The van der Waals surface area contributed by atoms with E-state index in [2.05, 4.69) is 50.2 Å². The summed E-state index contributed by atoms with van der Waals surface area (Å²) < 4.78 is 11.6. The first-order valence-electron chi connectivity index (χ1n) is 8.75. The van der Waals surface area contributed by atoms with Gasteiger partial charge in [0.15, 0.2) is 0 Å². The van der Waals surface area contributed by atoms with Gasteiger partial charge in [0.1, 0.15) is 11.5 Å². The van der Waals surface area contributed by atoms with Crippen LogP contribution in [-0.4, -0.2) is 13.2 Å². The first kappa shape index (κ1) is 17.4. The summed E-state index contributed by atoms with van der Waals surface area (Å²) in [6, 6.07) is 16.8. The number of hydrogen-bond acceptors (Lipinski definition) is 2. The van der Waals surface area contributed by atoms with E-state index in [-0.39, 0.29) is 0 Å². The van der Waals surface area contributed by atoms with Crippen LogP contribution in [0.5, 0.6) is 11.5 Å². The lowest BCUT2D eigenvalue weighted by Gasteiger charge is -2.09. The van der Waals surface area contributed by atoms with E-state index in [1.165, 1.54) is 11.1 Å². The Kier molecular flexibility index (Phi) is 7.51. The lowest BCUT2D eigenvalue weighted by Crippen LogP contribution is -1.98. The van der Waals surface area contributed by atoms with E-state index in [4.69, 9.17) is 9.47 Å². The van der Waals surface area contributed by atoms with E-state index in [1.807, 2.05) is 12.1 Å². The molecule has 2 heteroatoms. The second-order valence-corrected chi connectivity index (χ2v) is 5.88. The zero-order valence-corrected chi connectivity index (χ0v) is 14.4. The van der Waals surface area contributed by atoms with Crippen LogP contribution >= 0.6 is 0 Å². The fourth-order valence-corrected chi connectivity index (χ4v) is 2.39. The second-order valence-electron chi connectivity index (χ2n) is 5.88. The molecular weight excluding hydrogens is 284 g/mol. The van der Waals surface area contributed by atoms with Gasteiger partial charge in [-0.25, -0.2) is 0 Å². The van der Waals surface area contributed by atoms with E-state index in [0.717, 1.165) is 56.8 Å². The molecule has 0 unspecified atom stereocenters. The predicted molar refractivity (Wildman–Crippen MR) is 96.5 cm³/mol. The highest BCUT2D eigenvalue weighted by Crippen LogP contribution is 2.20. The Morgan fingerprint density at radius 3 is 1.61 bits per heavy atom. The van der Waals surface area contributed by atoms with Crippen LogP contribution in [0.15, 0.2) is 48.5 Å². The van der Waals surface area contributed by atoms with Gasteiger partial charge in [-0.05, 0) is 54.7 Å². The molecule has 2 nitrogen and oxygen atoms in total. The van der Waals surface area contributed by atoms with Crippen LogP contribution in [0.2, 0.25) is 0 Å². The first-order chi connectivity index (χ1) is 11.3. The van der Waals surface area contributed by atoms with Crippen molar-refractivity contribution in [2.75, 3.05) is 13.2 Å². The molecule has 0 N–H and O–H groups in total. The minimum Gasteiger partial charge on any atom is -0.494 e. The maximum absolute atomic E-state index is 5.79. The van der Waals surface area contributed by atoms with Crippen molar-refractivity contribution < 1.29 is 9.47 Å². The van der Waals surface area contributed by atoms with Gasteiger partial charge in [-0.15, -0.1) is 0 Å². The summed E-state index contributed by atoms with van der Waals surface area (Å²) in [5, 5.41) is 0. The van der Waals surface area contributed by atoms with Crippen LogP contribution in [0.4, 0.5) is 0 Å². The molecule has 0 fully saturated rings. The average molecular weight is 312 g/mol. The summed E-state index contributed by atoms with van der Waals surface area (Å²) >= 11 is 0. The van der Waals surface area contributed by atoms with Gasteiger partial charge in [0, 0.05) is 0 Å². The van der Waals surface area contributed by atoms with Crippen molar-refractivity contribution in [3.63, 3.8) is 0 Å².